The molecule has 4 heteroatoms. The van der Waals surface area contributed by atoms with Gasteiger partial charge in [0.2, 0.25) is 0 Å². The maximum Gasteiger partial charge on any atom is 0.134 e. The van der Waals surface area contributed by atoms with E-state index in [0.29, 0.717) is 0 Å². The molecule has 0 fully saturated rings. The number of hydrogen-bond acceptors (Lipinski definition) is 3. The lowest BCUT2D eigenvalue weighted by Gasteiger charge is -2.10. The molecular weight excluding hydrogens is 250 g/mol. The topological polar surface area (TPSA) is 43.0 Å². The lowest BCUT2D eigenvalue weighted by molar-refractivity contribution is 0.452. The monoisotopic (exact) mass is 269 g/mol. The van der Waals surface area contributed by atoms with Crippen LogP contribution in [-0.2, 0) is 13.5 Å². The molecule has 1 N–H and O–H groups in total. The molecule has 4 nitrogen and oxygen atoms in total. The normalized spacial score (nSPS) is 12.9. The zero-order valence-corrected chi connectivity index (χ0v) is 11.8. The van der Waals surface area contributed by atoms with Crippen molar-refractivity contribution in [2.24, 2.45) is 7.05 Å². The van der Waals surface area contributed by atoms with Gasteiger partial charge in [-0.25, -0.2) is 0 Å². The van der Waals surface area contributed by atoms with E-state index in [0.717, 1.165) is 35.4 Å². The summed E-state index contributed by atoms with van der Waals surface area (Å²) in [5.41, 5.74) is 2.05. The summed E-state index contributed by atoms with van der Waals surface area (Å²) in [6.07, 6.45) is 2.89. The fourth-order valence-electron chi connectivity index (χ4n) is 2.33. The molecule has 2 heterocycles. The Morgan fingerprint density at radius 3 is 2.90 bits per heavy atom. The van der Waals surface area contributed by atoms with Crippen molar-refractivity contribution in [3.63, 3.8) is 0 Å². The molecule has 1 aromatic carbocycles. The molecule has 0 aliphatic rings. The highest BCUT2D eigenvalue weighted by Gasteiger charge is 2.10. The second kappa shape index (κ2) is 5.51. The van der Waals surface area contributed by atoms with Gasteiger partial charge in [0, 0.05) is 31.6 Å². The van der Waals surface area contributed by atoms with Crippen molar-refractivity contribution in [2.75, 3.05) is 6.54 Å². The SMILES string of the molecule is CC(NCCc1ccn(C)n1)c1cc2ccccc2o1. The number of aromatic nitrogens is 2. The van der Waals surface area contributed by atoms with Gasteiger partial charge in [0.15, 0.2) is 0 Å². The summed E-state index contributed by atoms with van der Waals surface area (Å²) in [6, 6.07) is 12.4. The molecule has 0 aliphatic heterocycles. The van der Waals surface area contributed by atoms with Crippen LogP contribution in [0.5, 0.6) is 0 Å². The summed E-state index contributed by atoms with van der Waals surface area (Å²) in [4.78, 5) is 0. The van der Waals surface area contributed by atoms with Crippen molar-refractivity contribution < 1.29 is 4.42 Å². The van der Waals surface area contributed by atoms with E-state index >= 15 is 0 Å². The minimum atomic E-state index is 0.200. The summed E-state index contributed by atoms with van der Waals surface area (Å²) >= 11 is 0. The second-order valence-electron chi connectivity index (χ2n) is 5.09. The minimum absolute atomic E-state index is 0.200. The number of para-hydroxylation sites is 1. The van der Waals surface area contributed by atoms with Gasteiger partial charge in [-0.05, 0) is 25.1 Å². The Labute approximate surface area is 118 Å². The largest absolute Gasteiger partial charge is 0.459 e. The summed E-state index contributed by atoms with van der Waals surface area (Å²) in [7, 11) is 1.94. The summed E-state index contributed by atoms with van der Waals surface area (Å²) in [5.74, 6) is 0.979. The van der Waals surface area contributed by atoms with Crippen LogP contribution >= 0.6 is 0 Å². The number of rotatable bonds is 5. The first kappa shape index (κ1) is 12.9. The average Bonchev–Trinajstić information content (AvgIpc) is 3.04. The van der Waals surface area contributed by atoms with Crippen molar-refractivity contribution in [2.45, 2.75) is 19.4 Å². The Morgan fingerprint density at radius 1 is 1.30 bits per heavy atom. The maximum atomic E-state index is 5.85. The smallest absolute Gasteiger partial charge is 0.134 e. The molecular formula is C16H19N3O. The predicted molar refractivity (Wildman–Crippen MR) is 79.5 cm³/mol. The molecule has 3 rings (SSSR count). The van der Waals surface area contributed by atoms with Crippen molar-refractivity contribution in [1.29, 1.82) is 0 Å². The molecule has 1 unspecified atom stereocenters. The lowest BCUT2D eigenvalue weighted by atomic mass is 10.2. The lowest BCUT2D eigenvalue weighted by Crippen LogP contribution is -2.21. The van der Waals surface area contributed by atoms with Crippen molar-refractivity contribution in [3.8, 4) is 0 Å². The third-order valence-corrected chi connectivity index (χ3v) is 3.47. The summed E-state index contributed by atoms with van der Waals surface area (Å²) in [6.45, 7) is 3.01. The molecule has 0 saturated carbocycles. The quantitative estimate of drug-likeness (QED) is 0.774. The Bertz CT molecular complexity index is 665. The highest BCUT2D eigenvalue weighted by Crippen LogP contribution is 2.23. The standard InChI is InChI=1S/C16H19N3O/c1-12(17-9-7-14-8-10-19(2)18-14)16-11-13-5-3-4-6-15(13)20-16/h3-6,8,10-12,17H,7,9H2,1-2H3. The van der Waals surface area contributed by atoms with Crippen LogP contribution in [0.2, 0.25) is 0 Å². The van der Waals surface area contributed by atoms with Gasteiger partial charge in [0.1, 0.15) is 11.3 Å². The third kappa shape index (κ3) is 2.75. The average molecular weight is 269 g/mol. The van der Waals surface area contributed by atoms with E-state index in [2.05, 4.69) is 29.5 Å². The maximum absolute atomic E-state index is 5.85. The van der Waals surface area contributed by atoms with Crippen LogP contribution in [0.4, 0.5) is 0 Å². The van der Waals surface area contributed by atoms with Gasteiger partial charge in [-0.3, -0.25) is 4.68 Å². The van der Waals surface area contributed by atoms with Crippen molar-refractivity contribution in [3.05, 3.63) is 54.0 Å². The van der Waals surface area contributed by atoms with E-state index < -0.39 is 0 Å². The van der Waals surface area contributed by atoms with Crippen LogP contribution in [0.15, 0.2) is 47.0 Å². The van der Waals surface area contributed by atoms with Crippen molar-refractivity contribution in [1.82, 2.24) is 15.1 Å². The molecule has 104 valence electrons. The molecule has 0 spiro atoms. The fraction of sp³-hybridized carbons (Fsp3) is 0.312. The highest BCUT2D eigenvalue weighted by atomic mass is 16.3. The van der Waals surface area contributed by atoms with E-state index in [9.17, 15) is 0 Å². The Kier molecular flexibility index (Phi) is 3.56. The number of nitrogens with zero attached hydrogens (tertiary/aromatic N) is 2. The van der Waals surface area contributed by atoms with E-state index in [1.807, 2.05) is 42.2 Å². The van der Waals surface area contributed by atoms with Gasteiger partial charge >= 0.3 is 0 Å². The van der Waals surface area contributed by atoms with Gasteiger partial charge in [-0.1, -0.05) is 18.2 Å². The minimum Gasteiger partial charge on any atom is -0.459 e. The molecule has 0 radical (unpaired) electrons. The molecule has 0 amide bonds. The Morgan fingerprint density at radius 2 is 2.15 bits per heavy atom. The summed E-state index contributed by atoms with van der Waals surface area (Å²) in [5, 5.41) is 9.00. The highest BCUT2D eigenvalue weighted by molar-refractivity contribution is 5.77. The van der Waals surface area contributed by atoms with E-state index in [1.165, 1.54) is 0 Å². The number of benzene rings is 1. The van der Waals surface area contributed by atoms with Crippen LogP contribution in [0, 0.1) is 0 Å². The van der Waals surface area contributed by atoms with Gasteiger partial charge in [0.25, 0.3) is 0 Å². The molecule has 2 aromatic heterocycles. The van der Waals surface area contributed by atoms with Gasteiger partial charge in [0.05, 0.1) is 11.7 Å². The summed E-state index contributed by atoms with van der Waals surface area (Å²) < 4.78 is 7.69. The number of hydrogen-bond donors (Lipinski definition) is 1. The number of furan rings is 1. The molecule has 0 bridgehead atoms. The first-order valence-electron chi connectivity index (χ1n) is 6.93. The first-order valence-corrected chi connectivity index (χ1v) is 6.93. The zero-order valence-electron chi connectivity index (χ0n) is 11.8. The van der Waals surface area contributed by atoms with Crippen LogP contribution in [0.25, 0.3) is 11.0 Å². The predicted octanol–water partition coefficient (Wildman–Crippen LogP) is 3.06. The van der Waals surface area contributed by atoms with E-state index in [4.69, 9.17) is 4.42 Å². The molecule has 20 heavy (non-hydrogen) atoms. The van der Waals surface area contributed by atoms with Crippen molar-refractivity contribution >= 4 is 11.0 Å². The van der Waals surface area contributed by atoms with Gasteiger partial charge in [-0.2, -0.15) is 5.10 Å². The Hall–Kier alpha value is -2.07. The van der Waals surface area contributed by atoms with Crippen LogP contribution in [-0.4, -0.2) is 16.3 Å². The fourth-order valence-corrected chi connectivity index (χ4v) is 2.33. The van der Waals surface area contributed by atoms with Crippen LogP contribution < -0.4 is 5.32 Å². The Balaban J connectivity index is 1.59. The number of aryl methyl sites for hydroxylation is 1. The van der Waals surface area contributed by atoms with Crippen LogP contribution in [0.3, 0.4) is 0 Å². The molecule has 0 saturated heterocycles. The van der Waals surface area contributed by atoms with Crippen LogP contribution in [0.1, 0.15) is 24.4 Å². The molecule has 3 aromatic rings. The second-order valence-corrected chi connectivity index (χ2v) is 5.09. The first-order chi connectivity index (χ1) is 9.72. The number of nitrogens with one attached hydrogen (secondary N) is 1. The van der Waals surface area contributed by atoms with Gasteiger partial charge in [-0.15, -0.1) is 0 Å². The molecule has 1 atom stereocenters. The zero-order chi connectivity index (χ0) is 13.9. The number of fused-ring (bicyclic) bond motifs is 1. The van der Waals surface area contributed by atoms with Gasteiger partial charge < -0.3 is 9.73 Å². The third-order valence-electron chi connectivity index (χ3n) is 3.47. The molecule has 0 aliphatic carbocycles. The van der Waals surface area contributed by atoms with E-state index in [1.54, 1.807) is 0 Å². The van der Waals surface area contributed by atoms with E-state index in [-0.39, 0.29) is 6.04 Å².